The van der Waals surface area contributed by atoms with Gasteiger partial charge >= 0.3 is 0 Å². The van der Waals surface area contributed by atoms with E-state index < -0.39 is 17.7 Å². The fraction of sp³-hybridized carbons (Fsp3) is 0.125. The summed E-state index contributed by atoms with van der Waals surface area (Å²) in [5.74, 6) is -0.480. The summed E-state index contributed by atoms with van der Waals surface area (Å²) in [5.41, 5.74) is 0.940. The molecule has 0 spiro atoms. The van der Waals surface area contributed by atoms with E-state index in [1.807, 2.05) is 37.3 Å². The summed E-state index contributed by atoms with van der Waals surface area (Å²) in [6.45, 7) is 2.56. The molecule has 196 valence electrons. The van der Waals surface area contributed by atoms with Gasteiger partial charge in [0, 0.05) is 5.56 Å². The molecular weight excluding hydrogens is 494 g/mol. The Kier molecular flexibility index (Phi) is 7.32. The first-order valence-electron chi connectivity index (χ1n) is 12.6. The Balaban J connectivity index is 1.63. The van der Waals surface area contributed by atoms with E-state index in [0.717, 1.165) is 6.42 Å². The van der Waals surface area contributed by atoms with Crippen LogP contribution in [0.2, 0.25) is 0 Å². The van der Waals surface area contributed by atoms with E-state index in [1.54, 1.807) is 66.7 Å². The average molecular weight is 522 g/mol. The highest BCUT2D eigenvalue weighted by atomic mass is 16.5. The average Bonchev–Trinajstić information content (AvgIpc) is 3.22. The van der Waals surface area contributed by atoms with Crippen LogP contribution in [0.25, 0.3) is 5.76 Å². The zero-order valence-corrected chi connectivity index (χ0v) is 21.3. The molecule has 1 aliphatic rings. The van der Waals surface area contributed by atoms with Crippen molar-refractivity contribution in [2.24, 2.45) is 0 Å². The van der Waals surface area contributed by atoms with Gasteiger partial charge in [-0.3, -0.25) is 14.5 Å². The van der Waals surface area contributed by atoms with Crippen LogP contribution >= 0.6 is 0 Å². The SMILES string of the molecule is CCCOc1ccc(/C(O)=C2/C(=O)C(=O)N(c3ccccc3O)C2c2cccc(Oc3ccccc3)c2)cc1. The molecule has 0 saturated carbocycles. The van der Waals surface area contributed by atoms with Crippen LogP contribution < -0.4 is 14.4 Å². The number of nitrogens with zero attached hydrogens (tertiary/aromatic N) is 1. The van der Waals surface area contributed by atoms with Gasteiger partial charge in [0.2, 0.25) is 0 Å². The van der Waals surface area contributed by atoms with Crippen LogP contribution in [0, 0.1) is 0 Å². The topological polar surface area (TPSA) is 96.3 Å². The predicted molar refractivity (Wildman–Crippen MR) is 148 cm³/mol. The van der Waals surface area contributed by atoms with E-state index >= 15 is 0 Å². The van der Waals surface area contributed by atoms with E-state index in [0.29, 0.717) is 35.0 Å². The molecule has 0 aliphatic carbocycles. The highest BCUT2D eigenvalue weighted by Gasteiger charge is 2.47. The summed E-state index contributed by atoms with van der Waals surface area (Å²) < 4.78 is 11.6. The number of carbonyl (C=O) groups excluding carboxylic acids is 2. The Morgan fingerprint density at radius 2 is 1.51 bits per heavy atom. The van der Waals surface area contributed by atoms with Crippen molar-refractivity contribution in [1.29, 1.82) is 0 Å². The molecule has 1 heterocycles. The number of amides is 1. The number of hydrogen-bond acceptors (Lipinski definition) is 6. The van der Waals surface area contributed by atoms with E-state index in [4.69, 9.17) is 9.47 Å². The minimum Gasteiger partial charge on any atom is -0.507 e. The highest BCUT2D eigenvalue weighted by molar-refractivity contribution is 6.51. The molecule has 5 rings (SSSR count). The van der Waals surface area contributed by atoms with E-state index in [9.17, 15) is 19.8 Å². The lowest BCUT2D eigenvalue weighted by atomic mass is 9.95. The summed E-state index contributed by atoms with van der Waals surface area (Å²) in [5, 5.41) is 22.0. The molecule has 39 heavy (non-hydrogen) atoms. The monoisotopic (exact) mass is 521 g/mol. The van der Waals surface area contributed by atoms with Crippen molar-refractivity contribution in [2.75, 3.05) is 11.5 Å². The number of para-hydroxylation sites is 3. The van der Waals surface area contributed by atoms with Crippen molar-refractivity contribution in [3.8, 4) is 23.0 Å². The highest BCUT2D eigenvalue weighted by Crippen LogP contribution is 2.45. The molecule has 0 bridgehead atoms. The van der Waals surface area contributed by atoms with Gasteiger partial charge in [-0.25, -0.2) is 0 Å². The maximum Gasteiger partial charge on any atom is 0.300 e. The number of aliphatic hydroxyl groups is 1. The first-order chi connectivity index (χ1) is 19.0. The number of aliphatic hydroxyl groups excluding tert-OH is 1. The van der Waals surface area contributed by atoms with Crippen LogP contribution in [0.4, 0.5) is 5.69 Å². The first-order valence-corrected chi connectivity index (χ1v) is 12.6. The molecule has 0 radical (unpaired) electrons. The van der Waals surface area contributed by atoms with Gasteiger partial charge in [-0.15, -0.1) is 0 Å². The summed E-state index contributed by atoms with van der Waals surface area (Å²) >= 11 is 0. The number of ether oxygens (including phenoxy) is 2. The van der Waals surface area contributed by atoms with Crippen molar-refractivity contribution in [3.05, 3.63) is 120 Å². The number of phenolic OH excluding ortho intramolecular Hbond substituents is 1. The molecule has 7 nitrogen and oxygen atoms in total. The molecule has 7 heteroatoms. The summed E-state index contributed by atoms with van der Waals surface area (Å²) in [6, 6.07) is 28.1. The third-order valence-corrected chi connectivity index (χ3v) is 6.34. The van der Waals surface area contributed by atoms with Crippen LogP contribution in [-0.2, 0) is 9.59 Å². The van der Waals surface area contributed by atoms with Crippen LogP contribution in [0.3, 0.4) is 0 Å². The quantitative estimate of drug-likeness (QED) is 0.154. The smallest absolute Gasteiger partial charge is 0.300 e. The molecule has 0 aromatic heterocycles. The predicted octanol–water partition coefficient (Wildman–Crippen LogP) is 6.60. The van der Waals surface area contributed by atoms with Crippen LogP contribution in [0.5, 0.6) is 23.0 Å². The van der Waals surface area contributed by atoms with Gasteiger partial charge in [-0.05, 0) is 72.6 Å². The Morgan fingerprint density at radius 1 is 0.821 bits per heavy atom. The lowest BCUT2D eigenvalue weighted by molar-refractivity contribution is -0.132. The second-order valence-corrected chi connectivity index (χ2v) is 9.02. The van der Waals surface area contributed by atoms with Crippen molar-refractivity contribution in [3.63, 3.8) is 0 Å². The van der Waals surface area contributed by atoms with Crippen molar-refractivity contribution < 1.29 is 29.3 Å². The molecule has 1 fully saturated rings. The number of carbonyl (C=O) groups is 2. The Bertz CT molecular complexity index is 1530. The van der Waals surface area contributed by atoms with Gasteiger partial charge in [0.1, 0.15) is 28.8 Å². The molecule has 1 amide bonds. The van der Waals surface area contributed by atoms with Crippen molar-refractivity contribution in [1.82, 2.24) is 0 Å². The van der Waals surface area contributed by atoms with E-state index in [1.165, 1.54) is 11.0 Å². The number of anilines is 1. The Hall–Kier alpha value is -5.04. The largest absolute Gasteiger partial charge is 0.507 e. The van der Waals surface area contributed by atoms with Gasteiger partial charge in [0.25, 0.3) is 11.7 Å². The second kappa shape index (κ2) is 11.1. The fourth-order valence-corrected chi connectivity index (χ4v) is 4.52. The number of ketones is 1. The summed E-state index contributed by atoms with van der Waals surface area (Å²) in [7, 11) is 0. The molecule has 1 unspecified atom stereocenters. The van der Waals surface area contributed by atoms with Crippen molar-refractivity contribution >= 4 is 23.1 Å². The molecule has 4 aromatic carbocycles. The third-order valence-electron chi connectivity index (χ3n) is 6.34. The normalized spacial score (nSPS) is 16.3. The zero-order chi connectivity index (χ0) is 27.4. The first kappa shape index (κ1) is 25.6. The maximum atomic E-state index is 13.4. The molecule has 4 aromatic rings. The maximum absolute atomic E-state index is 13.4. The number of rotatable bonds is 8. The zero-order valence-electron chi connectivity index (χ0n) is 21.3. The number of hydrogen-bond donors (Lipinski definition) is 2. The third kappa shape index (κ3) is 5.20. The van der Waals surface area contributed by atoms with Crippen molar-refractivity contribution in [2.45, 2.75) is 19.4 Å². The lowest BCUT2D eigenvalue weighted by Gasteiger charge is -2.26. The molecule has 1 saturated heterocycles. The number of Topliss-reactive ketones (excluding diaryl/α,β-unsaturated/α-hetero) is 1. The number of aromatic hydroxyl groups is 1. The second-order valence-electron chi connectivity index (χ2n) is 9.02. The van der Waals surface area contributed by atoms with Crippen LogP contribution in [0.1, 0.15) is 30.5 Å². The van der Waals surface area contributed by atoms with Crippen LogP contribution in [-0.4, -0.2) is 28.5 Å². The number of benzene rings is 4. The minimum atomic E-state index is -1.02. The standard InChI is InChI=1S/C32H27NO6/c1-2-19-38-23-17-15-21(16-18-23)30(35)28-29(33(32(37)31(28)36)26-13-6-7-14-27(26)34)22-9-8-12-25(20-22)39-24-10-4-3-5-11-24/h3-18,20,29,34-35H,2,19H2,1H3/b30-28-. The number of phenols is 1. The van der Waals surface area contributed by atoms with Gasteiger partial charge in [-0.1, -0.05) is 49.4 Å². The van der Waals surface area contributed by atoms with E-state index in [2.05, 4.69) is 0 Å². The molecule has 2 N–H and O–H groups in total. The lowest BCUT2D eigenvalue weighted by Crippen LogP contribution is -2.29. The van der Waals surface area contributed by atoms with Gasteiger partial charge in [0.05, 0.1) is 23.9 Å². The Labute approximate surface area is 226 Å². The van der Waals surface area contributed by atoms with Gasteiger partial charge in [0.15, 0.2) is 0 Å². The Morgan fingerprint density at radius 3 is 2.23 bits per heavy atom. The molecule has 1 aliphatic heterocycles. The summed E-state index contributed by atoms with van der Waals surface area (Å²) in [6.07, 6.45) is 0.852. The summed E-state index contributed by atoms with van der Waals surface area (Å²) in [4.78, 5) is 28.1. The van der Waals surface area contributed by atoms with Gasteiger partial charge < -0.3 is 19.7 Å². The fourth-order valence-electron chi connectivity index (χ4n) is 4.52. The molecule has 1 atom stereocenters. The van der Waals surface area contributed by atoms with Crippen LogP contribution in [0.15, 0.2) is 109 Å². The minimum absolute atomic E-state index is 0.0951. The van der Waals surface area contributed by atoms with Gasteiger partial charge in [-0.2, -0.15) is 0 Å². The van der Waals surface area contributed by atoms with E-state index in [-0.39, 0.29) is 22.8 Å². The molecular formula is C32H27NO6.